The third-order valence-corrected chi connectivity index (χ3v) is 3.46. The summed E-state index contributed by atoms with van der Waals surface area (Å²) in [5, 5.41) is 2.55. The van der Waals surface area contributed by atoms with E-state index in [1.54, 1.807) is 17.2 Å². The van der Waals surface area contributed by atoms with Crippen molar-refractivity contribution in [2.24, 2.45) is 0 Å². The van der Waals surface area contributed by atoms with Crippen molar-refractivity contribution in [1.29, 1.82) is 0 Å². The number of hydrogen-bond donors (Lipinski definition) is 1. The smallest absolute Gasteiger partial charge is 0.315 e. The molecule has 2 amide bonds. The van der Waals surface area contributed by atoms with E-state index in [1.165, 1.54) is 0 Å². The molecule has 2 heterocycles. The number of piperazine rings is 1. The van der Waals surface area contributed by atoms with Gasteiger partial charge < -0.3 is 15.1 Å². The third kappa shape index (κ3) is 3.54. The molecule has 1 fully saturated rings. The highest BCUT2D eigenvalue weighted by molar-refractivity contribution is 6.39. The first-order chi connectivity index (χ1) is 9.60. The highest BCUT2D eigenvalue weighted by Crippen LogP contribution is 2.07. The van der Waals surface area contributed by atoms with Gasteiger partial charge in [0, 0.05) is 32.4 Å². The van der Waals surface area contributed by atoms with Crippen molar-refractivity contribution in [3.8, 4) is 0 Å². The number of aryl methyl sites for hydroxylation is 1. The van der Waals surface area contributed by atoms with Crippen molar-refractivity contribution >= 4 is 17.6 Å². The minimum atomic E-state index is -0.618. The highest BCUT2D eigenvalue weighted by atomic mass is 16.2. The van der Waals surface area contributed by atoms with Crippen molar-refractivity contribution in [1.82, 2.24) is 14.8 Å². The van der Waals surface area contributed by atoms with Crippen LogP contribution in [0.4, 0.5) is 5.82 Å². The molecule has 1 aromatic heterocycles. The lowest BCUT2D eigenvalue weighted by Crippen LogP contribution is -2.51. The first-order valence-electron chi connectivity index (χ1n) is 6.85. The van der Waals surface area contributed by atoms with Gasteiger partial charge in [-0.1, -0.05) is 6.92 Å². The summed E-state index contributed by atoms with van der Waals surface area (Å²) < 4.78 is 0. The van der Waals surface area contributed by atoms with E-state index in [1.807, 2.05) is 13.0 Å². The van der Waals surface area contributed by atoms with E-state index in [2.05, 4.69) is 22.1 Å². The Bertz CT molecular complexity index is 496. The van der Waals surface area contributed by atoms with Crippen molar-refractivity contribution in [2.45, 2.75) is 13.8 Å². The van der Waals surface area contributed by atoms with Gasteiger partial charge in [0.25, 0.3) is 0 Å². The van der Waals surface area contributed by atoms with Crippen LogP contribution in [0.25, 0.3) is 0 Å². The summed E-state index contributed by atoms with van der Waals surface area (Å²) in [6, 6.07) is 3.57. The fourth-order valence-electron chi connectivity index (χ4n) is 2.19. The van der Waals surface area contributed by atoms with Gasteiger partial charge >= 0.3 is 11.8 Å². The van der Waals surface area contributed by atoms with Crippen LogP contribution in [0.2, 0.25) is 0 Å². The number of carbonyl (C=O) groups is 2. The van der Waals surface area contributed by atoms with Gasteiger partial charge in [-0.2, -0.15) is 0 Å². The Labute approximate surface area is 118 Å². The number of aromatic nitrogens is 1. The molecule has 2 rings (SSSR count). The van der Waals surface area contributed by atoms with E-state index >= 15 is 0 Å². The van der Waals surface area contributed by atoms with Crippen LogP contribution in [0, 0.1) is 6.92 Å². The van der Waals surface area contributed by atoms with Crippen molar-refractivity contribution in [2.75, 3.05) is 38.0 Å². The molecule has 0 unspecified atom stereocenters. The van der Waals surface area contributed by atoms with Crippen LogP contribution in [-0.2, 0) is 9.59 Å². The van der Waals surface area contributed by atoms with Crippen molar-refractivity contribution in [3.05, 3.63) is 23.9 Å². The minimum absolute atomic E-state index is 0.413. The van der Waals surface area contributed by atoms with E-state index in [4.69, 9.17) is 0 Å². The van der Waals surface area contributed by atoms with E-state index < -0.39 is 11.8 Å². The fourth-order valence-corrected chi connectivity index (χ4v) is 2.19. The molecule has 0 atom stereocenters. The van der Waals surface area contributed by atoms with Crippen LogP contribution in [0.3, 0.4) is 0 Å². The van der Waals surface area contributed by atoms with Gasteiger partial charge in [0.1, 0.15) is 5.82 Å². The fraction of sp³-hybridized carbons (Fsp3) is 0.500. The Morgan fingerprint density at radius 1 is 1.30 bits per heavy atom. The van der Waals surface area contributed by atoms with Crippen LogP contribution in [-0.4, -0.2) is 59.3 Å². The van der Waals surface area contributed by atoms with E-state index in [-0.39, 0.29) is 0 Å². The molecule has 0 spiro atoms. The summed E-state index contributed by atoms with van der Waals surface area (Å²) >= 11 is 0. The number of anilines is 1. The lowest BCUT2D eigenvalue weighted by molar-refractivity contribution is -0.144. The van der Waals surface area contributed by atoms with Crippen molar-refractivity contribution < 1.29 is 9.59 Å². The molecule has 6 nitrogen and oxygen atoms in total. The first-order valence-corrected chi connectivity index (χ1v) is 6.85. The molecule has 1 aliphatic heterocycles. The number of amides is 2. The Balaban J connectivity index is 1.91. The molecule has 0 aromatic carbocycles. The van der Waals surface area contributed by atoms with Crippen LogP contribution in [0.15, 0.2) is 18.3 Å². The number of nitrogens with one attached hydrogen (secondary N) is 1. The maximum Gasteiger partial charge on any atom is 0.315 e. The average Bonchev–Trinajstić information content (AvgIpc) is 2.46. The summed E-state index contributed by atoms with van der Waals surface area (Å²) in [7, 11) is 0. The van der Waals surface area contributed by atoms with E-state index in [0.29, 0.717) is 18.9 Å². The first kappa shape index (κ1) is 14.5. The SMILES string of the molecule is CCN1CCN(C(=O)C(=O)Nc2cc(C)ccn2)CC1. The largest absolute Gasteiger partial charge is 0.332 e. The summed E-state index contributed by atoms with van der Waals surface area (Å²) in [5.74, 6) is -0.687. The molecule has 0 saturated carbocycles. The second kappa shape index (κ2) is 6.47. The van der Waals surface area contributed by atoms with Crippen LogP contribution in [0.5, 0.6) is 0 Å². The number of nitrogens with zero attached hydrogens (tertiary/aromatic N) is 3. The van der Waals surface area contributed by atoms with Crippen LogP contribution in [0.1, 0.15) is 12.5 Å². The Kier molecular flexibility index (Phi) is 4.68. The van der Waals surface area contributed by atoms with Gasteiger partial charge in [-0.15, -0.1) is 0 Å². The van der Waals surface area contributed by atoms with Gasteiger partial charge in [0.2, 0.25) is 0 Å². The molecule has 0 radical (unpaired) electrons. The molecule has 1 aromatic rings. The van der Waals surface area contributed by atoms with Crippen molar-refractivity contribution in [3.63, 3.8) is 0 Å². The molecule has 0 aliphatic carbocycles. The molecule has 1 N–H and O–H groups in total. The zero-order valence-electron chi connectivity index (χ0n) is 11.9. The van der Waals surface area contributed by atoms with Gasteiger partial charge in [-0.25, -0.2) is 4.98 Å². The average molecular weight is 276 g/mol. The highest BCUT2D eigenvalue weighted by Gasteiger charge is 2.25. The van der Waals surface area contributed by atoms with Crippen LogP contribution >= 0.6 is 0 Å². The second-order valence-corrected chi connectivity index (χ2v) is 4.90. The quantitative estimate of drug-likeness (QED) is 0.799. The topological polar surface area (TPSA) is 65.5 Å². The lowest BCUT2D eigenvalue weighted by atomic mass is 10.3. The Hall–Kier alpha value is -1.95. The molecule has 108 valence electrons. The normalized spacial score (nSPS) is 16.0. The maximum absolute atomic E-state index is 12.0. The Morgan fingerprint density at radius 3 is 2.60 bits per heavy atom. The standard InChI is InChI=1S/C14H20N4O2/c1-3-17-6-8-18(9-7-17)14(20)13(19)16-12-10-11(2)4-5-15-12/h4-5,10H,3,6-9H2,1-2H3,(H,15,16,19). The minimum Gasteiger partial charge on any atom is -0.332 e. The number of hydrogen-bond acceptors (Lipinski definition) is 4. The number of likely N-dealkylation sites (N-methyl/N-ethyl adjacent to an activating group) is 1. The monoisotopic (exact) mass is 276 g/mol. The molecule has 20 heavy (non-hydrogen) atoms. The van der Waals surface area contributed by atoms with E-state index in [0.717, 1.165) is 25.2 Å². The zero-order chi connectivity index (χ0) is 14.5. The van der Waals surface area contributed by atoms with Crippen LogP contribution < -0.4 is 5.32 Å². The molecular formula is C14H20N4O2. The molecule has 0 bridgehead atoms. The second-order valence-electron chi connectivity index (χ2n) is 4.90. The van der Waals surface area contributed by atoms with E-state index in [9.17, 15) is 9.59 Å². The number of rotatable bonds is 2. The predicted molar refractivity (Wildman–Crippen MR) is 76.3 cm³/mol. The summed E-state index contributed by atoms with van der Waals surface area (Å²) in [4.78, 5) is 31.8. The lowest BCUT2D eigenvalue weighted by Gasteiger charge is -2.33. The zero-order valence-corrected chi connectivity index (χ0v) is 11.9. The summed E-state index contributed by atoms with van der Waals surface area (Å²) in [5.41, 5.74) is 0.985. The number of carbonyl (C=O) groups excluding carboxylic acids is 2. The molecular weight excluding hydrogens is 256 g/mol. The molecule has 1 aliphatic rings. The van der Waals surface area contributed by atoms with Gasteiger partial charge in [-0.05, 0) is 31.2 Å². The molecule has 6 heteroatoms. The van der Waals surface area contributed by atoms with Gasteiger partial charge in [-0.3, -0.25) is 9.59 Å². The van der Waals surface area contributed by atoms with Gasteiger partial charge in [0.05, 0.1) is 0 Å². The number of pyridine rings is 1. The predicted octanol–water partition coefficient (Wildman–Crippen LogP) is 0.493. The summed E-state index contributed by atoms with van der Waals surface area (Å²) in [6.07, 6.45) is 1.61. The third-order valence-electron chi connectivity index (χ3n) is 3.46. The molecule has 1 saturated heterocycles. The Morgan fingerprint density at radius 2 is 2.00 bits per heavy atom. The van der Waals surface area contributed by atoms with Gasteiger partial charge in [0.15, 0.2) is 0 Å². The maximum atomic E-state index is 12.0. The summed E-state index contributed by atoms with van der Waals surface area (Å²) in [6.45, 7) is 7.80.